The molecule has 25 heavy (non-hydrogen) atoms. The van der Waals surface area contributed by atoms with Crippen LogP contribution in [0.1, 0.15) is 44.6 Å². The second kappa shape index (κ2) is 6.66. The van der Waals surface area contributed by atoms with E-state index in [1.807, 2.05) is 6.20 Å². The molecule has 1 saturated carbocycles. The number of pyridine rings is 1. The molecule has 3 heterocycles. The van der Waals surface area contributed by atoms with E-state index in [1.165, 1.54) is 38.4 Å². The van der Waals surface area contributed by atoms with Gasteiger partial charge in [0.05, 0.1) is 11.7 Å². The van der Waals surface area contributed by atoms with Crippen LogP contribution in [0.2, 0.25) is 0 Å². The molecule has 0 amide bonds. The molecular weight excluding hydrogens is 314 g/mol. The number of aromatic nitrogens is 6. The second-order valence-electron chi connectivity index (χ2n) is 6.54. The Kier molecular flexibility index (Phi) is 4.21. The molecule has 1 aliphatic rings. The average Bonchev–Trinajstić information content (AvgIpc) is 3.23. The molecule has 0 unspecified atom stereocenters. The molecule has 0 spiro atoms. The van der Waals surface area contributed by atoms with Crippen LogP contribution < -0.4 is 5.73 Å². The molecule has 130 valence electrons. The SMILES string of the molecule is CCn1c(-n2ncnc2N)nc2cncc(C=CC3CCCCC3)c21. The lowest BCUT2D eigenvalue weighted by Crippen LogP contribution is -2.10. The topological polar surface area (TPSA) is 87.4 Å². The Labute approximate surface area is 146 Å². The zero-order valence-electron chi connectivity index (χ0n) is 14.5. The monoisotopic (exact) mass is 337 g/mol. The number of nitrogens with two attached hydrogens (primary N) is 1. The van der Waals surface area contributed by atoms with E-state index < -0.39 is 0 Å². The zero-order valence-corrected chi connectivity index (χ0v) is 14.5. The van der Waals surface area contributed by atoms with Crippen molar-refractivity contribution in [3.63, 3.8) is 0 Å². The summed E-state index contributed by atoms with van der Waals surface area (Å²) in [6.07, 6.45) is 16.3. The van der Waals surface area contributed by atoms with Crippen molar-refractivity contribution in [2.24, 2.45) is 5.92 Å². The molecule has 2 N–H and O–H groups in total. The van der Waals surface area contributed by atoms with E-state index in [1.54, 1.807) is 10.9 Å². The summed E-state index contributed by atoms with van der Waals surface area (Å²) >= 11 is 0. The van der Waals surface area contributed by atoms with Crippen LogP contribution in [0, 0.1) is 5.92 Å². The summed E-state index contributed by atoms with van der Waals surface area (Å²) in [6, 6.07) is 0. The third-order valence-electron chi connectivity index (χ3n) is 4.94. The molecule has 7 heteroatoms. The van der Waals surface area contributed by atoms with Gasteiger partial charge in [-0.2, -0.15) is 14.8 Å². The van der Waals surface area contributed by atoms with Crippen LogP contribution in [0.5, 0.6) is 0 Å². The van der Waals surface area contributed by atoms with Crippen LogP contribution in [-0.2, 0) is 6.54 Å². The molecule has 1 aliphatic carbocycles. The smallest absolute Gasteiger partial charge is 0.235 e. The first kappa shape index (κ1) is 15.8. The quantitative estimate of drug-likeness (QED) is 0.790. The summed E-state index contributed by atoms with van der Waals surface area (Å²) in [7, 11) is 0. The van der Waals surface area contributed by atoms with Crippen molar-refractivity contribution in [1.29, 1.82) is 0 Å². The van der Waals surface area contributed by atoms with Crippen molar-refractivity contribution in [1.82, 2.24) is 29.3 Å². The molecule has 1 fully saturated rings. The van der Waals surface area contributed by atoms with Gasteiger partial charge in [-0.15, -0.1) is 0 Å². The van der Waals surface area contributed by atoms with Gasteiger partial charge in [0, 0.05) is 18.3 Å². The number of imidazole rings is 1. The fraction of sp³-hybridized carbons (Fsp3) is 0.444. The molecule has 0 radical (unpaired) electrons. The number of allylic oxidation sites excluding steroid dienone is 1. The minimum Gasteiger partial charge on any atom is -0.368 e. The number of nitrogen functional groups attached to an aromatic ring is 1. The van der Waals surface area contributed by atoms with Crippen LogP contribution in [-0.4, -0.2) is 29.3 Å². The van der Waals surface area contributed by atoms with Gasteiger partial charge in [-0.1, -0.05) is 31.4 Å². The fourth-order valence-electron chi connectivity index (χ4n) is 3.66. The molecule has 3 aromatic rings. The Hall–Kier alpha value is -2.70. The molecule has 0 saturated heterocycles. The van der Waals surface area contributed by atoms with Crippen LogP contribution in [0.25, 0.3) is 23.1 Å². The lowest BCUT2D eigenvalue weighted by molar-refractivity contribution is 0.420. The van der Waals surface area contributed by atoms with E-state index in [9.17, 15) is 0 Å². The Morgan fingerprint density at radius 1 is 1.24 bits per heavy atom. The zero-order chi connectivity index (χ0) is 17.2. The fourth-order valence-corrected chi connectivity index (χ4v) is 3.66. The van der Waals surface area contributed by atoms with E-state index in [0.717, 1.165) is 23.1 Å². The molecule has 0 aromatic carbocycles. The highest BCUT2D eigenvalue weighted by Crippen LogP contribution is 2.27. The maximum atomic E-state index is 5.92. The van der Waals surface area contributed by atoms with Crippen molar-refractivity contribution >= 4 is 23.1 Å². The number of rotatable bonds is 4. The Balaban J connectivity index is 1.79. The van der Waals surface area contributed by atoms with Gasteiger partial charge in [-0.05, 0) is 25.7 Å². The van der Waals surface area contributed by atoms with E-state index in [0.29, 0.717) is 17.8 Å². The van der Waals surface area contributed by atoms with Crippen molar-refractivity contribution < 1.29 is 0 Å². The summed E-state index contributed by atoms with van der Waals surface area (Å²) in [5.74, 6) is 1.68. The van der Waals surface area contributed by atoms with Gasteiger partial charge in [0.25, 0.3) is 0 Å². The number of fused-ring (bicyclic) bond motifs is 1. The molecule has 0 bridgehead atoms. The highest BCUT2D eigenvalue weighted by Gasteiger charge is 2.17. The Morgan fingerprint density at radius 2 is 2.08 bits per heavy atom. The Morgan fingerprint density at radius 3 is 2.80 bits per heavy atom. The van der Waals surface area contributed by atoms with Gasteiger partial charge in [-0.3, -0.25) is 4.98 Å². The van der Waals surface area contributed by atoms with Crippen LogP contribution in [0.4, 0.5) is 5.95 Å². The van der Waals surface area contributed by atoms with Crippen molar-refractivity contribution in [3.05, 3.63) is 30.4 Å². The van der Waals surface area contributed by atoms with Crippen molar-refractivity contribution in [3.8, 4) is 5.95 Å². The highest BCUT2D eigenvalue weighted by atomic mass is 15.4. The summed E-state index contributed by atoms with van der Waals surface area (Å²) in [5.41, 5.74) is 8.91. The van der Waals surface area contributed by atoms with Gasteiger partial charge in [0.1, 0.15) is 11.8 Å². The van der Waals surface area contributed by atoms with E-state index in [-0.39, 0.29) is 0 Å². The summed E-state index contributed by atoms with van der Waals surface area (Å²) < 4.78 is 3.68. The maximum absolute atomic E-state index is 5.92. The number of anilines is 1. The van der Waals surface area contributed by atoms with Crippen LogP contribution in [0.15, 0.2) is 24.8 Å². The third-order valence-corrected chi connectivity index (χ3v) is 4.94. The minimum atomic E-state index is 0.331. The first-order valence-electron chi connectivity index (χ1n) is 8.96. The number of hydrogen-bond donors (Lipinski definition) is 1. The highest BCUT2D eigenvalue weighted by molar-refractivity contribution is 5.85. The number of aryl methyl sites for hydroxylation is 1. The van der Waals surface area contributed by atoms with E-state index in [2.05, 4.69) is 43.7 Å². The largest absolute Gasteiger partial charge is 0.368 e. The predicted octanol–water partition coefficient (Wildman–Crippen LogP) is 3.21. The van der Waals surface area contributed by atoms with Crippen LogP contribution >= 0.6 is 0 Å². The lowest BCUT2D eigenvalue weighted by atomic mass is 9.89. The van der Waals surface area contributed by atoms with Gasteiger partial charge in [0.2, 0.25) is 11.9 Å². The number of hydrogen-bond acceptors (Lipinski definition) is 5. The molecule has 4 rings (SSSR count). The Bertz CT molecular complexity index is 899. The summed E-state index contributed by atoms with van der Waals surface area (Å²) in [4.78, 5) is 13.1. The predicted molar refractivity (Wildman–Crippen MR) is 98.1 cm³/mol. The number of nitrogens with zero attached hydrogens (tertiary/aromatic N) is 6. The van der Waals surface area contributed by atoms with Gasteiger partial charge < -0.3 is 10.3 Å². The van der Waals surface area contributed by atoms with Gasteiger partial charge in [0.15, 0.2) is 0 Å². The van der Waals surface area contributed by atoms with E-state index in [4.69, 9.17) is 5.73 Å². The first-order chi connectivity index (χ1) is 12.3. The van der Waals surface area contributed by atoms with Gasteiger partial charge in [-0.25, -0.2) is 4.98 Å². The normalized spacial score (nSPS) is 16.2. The van der Waals surface area contributed by atoms with Gasteiger partial charge >= 0.3 is 0 Å². The maximum Gasteiger partial charge on any atom is 0.235 e. The molecule has 7 nitrogen and oxygen atoms in total. The van der Waals surface area contributed by atoms with Crippen molar-refractivity contribution in [2.45, 2.75) is 45.6 Å². The molecule has 0 aliphatic heterocycles. The minimum absolute atomic E-state index is 0.331. The summed E-state index contributed by atoms with van der Waals surface area (Å²) in [6.45, 7) is 2.85. The molecule has 0 atom stereocenters. The third kappa shape index (κ3) is 2.90. The van der Waals surface area contributed by atoms with Crippen molar-refractivity contribution in [2.75, 3.05) is 5.73 Å². The molecular formula is C18H23N7. The van der Waals surface area contributed by atoms with Crippen LogP contribution in [0.3, 0.4) is 0 Å². The average molecular weight is 337 g/mol. The second-order valence-corrected chi connectivity index (χ2v) is 6.54. The molecule has 3 aromatic heterocycles. The van der Waals surface area contributed by atoms with E-state index >= 15 is 0 Å². The standard InChI is InChI=1S/C18H23N7/c1-2-24-16-14(9-8-13-6-4-3-5-7-13)10-20-11-15(16)23-18(24)25-17(19)21-12-22-25/h8-13H,2-7H2,1H3,(H2,19,21,22). The lowest BCUT2D eigenvalue weighted by Gasteiger charge is -2.17. The first-order valence-corrected chi connectivity index (χ1v) is 8.96. The summed E-state index contributed by atoms with van der Waals surface area (Å²) in [5, 5.41) is 4.20.